The van der Waals surface area contributed by atoms with Crippen molar-refractivity contribution < 1.29 is 18.7 Å². The van der Waals surface area contributed by atoms with Crippen LogP contribution in [0.1, 0.15) is 26.6 Å². The fourth-order valence-corrected chi connectivity index (χ4v) is 4.60. The average molecular weight is 597 g/mol. The van der Waals surface area contributed by atoms with Gasteiger partial charge in [-0.1, -0.05) is 69.5 Å². The van der Waals surface area contributed by atoms with Crippen LogP contribution in [-0.2, 0) is 0 Å². The summed E-state index contributed by atoms with van der Waals surface area (Å²) < 4.78 is 11.2. The largest absolute Gasteiger partial charge is 0.457 e. The molecule has 0 fully saturated rings. The molecule has 0 aliphatic rings. The molecule has 0 spiro atoms. The Labute approximate surface area is 229 Å². The van der Waals surface area contributed by atoms with Crippen molar-refractivity contribution in [3.05, 3.63) is 111 Å². The first-order valence-corrected chi connectivity index (χ1v) is 12.4. The van der Waals surface area contributed by atoms with E-state index < -0.39 is 11.9 Å². The van der Waals surface area contributed by atoms with Crippen LogP contribution in [0.4, 0.5) is 0 Å². The van der Waals surface area contributed by atoms with Crippen LogP contribution in [0, 0.1) is 0 Å². The van der Waals surface area contributed by atoms with E-state index in [4.69, 9.17) is 32.4 Å². The molecule has 1 amide bonds. The molecule has 0 bridgehead atoms. The lowest BCUT2D eigenvalue weighted by Gasteiger charge is -2.08. The van der Waals surface area contributed by atoms with Gasteiger partial charge in [-0.15, -0.1) is 0 Å². The summed E-state index contributed by atoms with van der Waals surface area (Å²) in [7, 11) is 0. The van der Waals surface area contributed by atoms with Gasteiger partial charge >= 0.3 is 5.97 Å². The van der Waals surface area contributed by atoms with E-state index in [9.17, 15) is 9.59 Å². The number of amides is 1. The van der Waals surface area contributed by atoms with E-state index in [0.717, 1.165) is 9.86 Å². The zero-order chi connectivity index (χ0) is 25.9. The molecule has 5 aromatic rings. The van der Waals surface area contributed by atoms with Crippen LogP contribution >= 0.6 is 39.1 Å². The van der Waals surface area contributed by atoms with Crippen molar-refractivity contribution in [3.8, 4) is 16.9 Å². The maximum atomic E-state index is 13.3. The molecule has 0 radical (unpaired) electrons. The van der Waals surface area contributed by atoms with Crippen LogP contribution in [0.15, 0.2) is 93.1 Å². The fraction of sp³-hybridized carbons (Fsp3) is 0. The maximum Gasteiger partial charge on any atom is 0.379 e. The Bertz CT molecular complexity index is 1660. The molecule has 0 saturated carbocycles. The van der Waals surface area contributed by atoms with Crippen molar-refractivity contribution in [3.63, 3.8) is 0 Å². The average Bonchev–Trinajstić information content (AvgIpc) is 3.55. The number of aromatic nitrogens is 1. The number of esters is 1. The SMILES string of the molecule is O=C(Oc1ccc(Br)cc1C=NNC(=O)c1[nH]c2c(Cl)cccc2c1-c1ccccc1Cl)c1ccco1. The second-order valence-electron chi connectivity index (χ2n) is 7.77. The van der Waals surface area contributed by atoms with Gasteiger partial charge in [0.2, 0.25) is 5.76 Å². The third kappa shape index (κ3) is 5.17. The normalized spacial score (nSPS) is 11.2. The molecule has 0 atom stereocenters. The van der Waals surface area contributed by atoms with E-state index in [-0.39, 0.29) is 17.2 Å². The molecule has 3 aromatic carbocycles. The van der Waals surface area contributed by atoms with Gasteiger partial charge in [-0.3, -0.25) is 4.79 Å². The number of halogens is 3. The van der Waals surface area contributed by atoms with Gasteiger partial charge < -0.3 is 14.1 Å². The Balaban J connectivity index is 1.45. The number of rotatable bonds is 6. The lowest BCUT2D eigenvalue weighted by atomic mass is 10.0. The number of hydrazone groups is 1. The second kappa shape index (κ2) is 10.6. The first kappa shape index (κ1) is 24.8. The number of para-hydroxylation sites is 1. The molecule has 0 aliphatic carbocycles. The summed E-state index contributed by atoms with van der Waals surface area (Å²) in [6.45, 7) is 0. The van der Waals surface area contributed by atoms with Gasteiger partial charge in [0, 0.05) is 31.6 Å². The Hall–Kier alpha value is -3.85. The highest BCUT2D eigenvalue weighted by molar-refractivity contribution is 9.10. The molecular weight excluding hydrogens is 581 g/mol. The maximum absolute atomic E-state index is 13.3. The number of nitrogens with zero attached hydrogens (tertiary/aromatic N) is 1. The standard InChI is InChI=1S/C27H16BrCl2N3O4/c28-16-10-11-21(37-27(35)22-9-4-12-36-22)15(13-16)14-31-33-26(34)25-23(17-5-1-2-7-19(17)29)18-6-3-8-20(30)24(18)32-25/h1-14,32H,(H,33,34). The molecule has 10 heteroatoms. The molecule has 7 nitrogen and oxygen atoms in total. The monoisotopic (exact) mass is 595 g/mol. The molecular formula is C27H16BrCl2N3O4. The van der Waals surface area contributed by atoms with E-state index in [2.05, 4.69) is 31.4 Å². The van der Waals surface area contributed by atoms with Crippen LogP contribution in [0.3, 0.4) is 0 Å². The summed E-state index contributed by atoms with van der Waals surface area (Å²) in [5, 5.41) is 5.79. The summed E-state index contributed by atoms with van der Waals surface area (Å²) in [6.07, 6.45) is 2.75. The smallest absolute Gasteiger partial charge is 0.379 e. The molecule has 2 aromatic heterocycles. The molecule has 5 rings (SSSR count). The number of benzene rings is 3. The quantitative estimate of drug-likeness (QED) is 0.0919. The van der Waals surface area contributed by atoms with Crippen LogP contribution in [0.5, 0.6) is 5.75 Å². The van der Waals surface area contributed by atoms with E-state index in [1.54, 1.807) is 42.5 Å². The molecule has 2 N–H and O–H groups in total. The highest BCUT2D eigenvalue weighted by atomic mass is 79.9. The number of furan rings is 1. The second-order valence-corrected chi connectivity index (χ2v) is 9.50. The highest BCUT2D eigenvalue weighted by Gasteiger charge is 2.22. The summed E-state index contributed by atoms with van der Waals surface area (Å²) in [6, 6.07) is 20.7. The lowest BCUT2D eigenvalue weighted by molar-refractivity contribution is 0.0700. The minimum Gasteiger partial charge on any atom is -0.457 e. The Kier molecular flexibility index (Phi) is 7.14. The van der Waals surface area contributed by atoms with Gasteiger partial charge in [-0.05, 0) is 42.5 Å². The number of fused-ring (bicyclic) bond motifs is 1. The number of carbonyl (C=O) groups excluding carboxylic acids is 2. The molecule has 0 saturated heterocycles. The first-order chi connectivity index (χ1) is 17.9. The number of aromatic amines is 1. The third-order valence-electron chi connectivity index (χ3n) is 5.42. The summed E-state index contributed by atoms with van der Waals surface area (Å²) in [5.74, 6) is -0.881. The highest BCUT2D eigenvalue weighted by Crippen LogP contribution is 2.38. The van der Waals surface area contributed by atoms with Gasteiger partial charge in [0.15, 0.2) is 0 Å². The molecule has 0 aliphatic heterocycles. The predicted molar refractivity (Wildman–Crippen MR) is 147 cm³/mol. The Morgan fingerprint density at radius 1 is 1.00 bits per heavy atom. The van der Waals surface area contributed by atoms with Crippen molar-refractivity contribution in [2.45, 2.75) is 0 Å². The third-order valence-corrected chi connectivity index (χ3v) is 6.56. The van der Waals surface area contributed by atoms with E-state index >= 15 is 0 Å². The van der Waals surface area contributed by atoms with Crippen molar-refractivity contribution in [1.29, 1.82) is 0 Å². The minimum atomic E-state index is -0.662. The molecule has 37 heavy (non-hydrogen) atoms. The Morgan fingerprint density at radius 3 is 2.59 bits per heavy atom. The van der Waals surface area contributed by atoms with Crippen LogP contribution in [0.25, 0.3) is 22.0 Å². The topological polar surface area (TPSA) is 96.7 Å². The summed E-state index contributed by atoms with van der Waals surface area (Å²) in [4.78, 5) is 28.7. The van der Waals surface area contributed by atoms with E-state index in [0.29, 0.717) is 32.3 Å². The van der Waals surface area contributed by atoms with Crippen LogP contribution in [0.2, 0.25) is 10.0 Å². The zero-order valence-corrected chi connectivity index (χ0v) is 21.9. The van der Waals surface area contributed by atoms with Gasteiger partial charge in [-0.2, -0.15) is 5.10 Å². The predicted octanol–water partition coefficient (Wildman–Crippen LogP) is 7.48. The van der Waals surface area contributed by atoms with Crippen LogP contribution < -0.4 is 10.2 Å². The summed E-state index contributed by atoms with van der Waals surface area (Å²) >= 11 is 16.2. The van der Waals surface area contributed by atoms with E-state index in [1.807, 2.05) is 24.3 Å². The summed E-state index contributed by atoms with van der Waals surface area (Å²) in [5.41, 5.74) is 5.09. The molecule has 2 heterocycles. The molecule has 184 valence electrons. The first-order valence-electron chi connectivity index (χ1n) is 10.9. The van der Waals surface area contributed by atoms with Gasteiger partial charge in [0.25, 0.3) is 5.91 Å². The van der Waals surface area contributed by atoms with Gasteiger partial charge in [0.1, 0.15) is 11.4 Å². The van der Waals surface area contributed by atoms with Gasteiger partial charge in [-0.25, -0.2) is 10.2 Å². The van der Waals surface area contributed by atoms with Crippen molar-refractivity contribution in [2.24, 2.45) is 5.10 Å². The van der Waals surface area contributed by atoms with Crippen molar-refractivity contribution >= 4 is 68.1 Å². The van der Waals surface area contributed by atoms with Crippen LogP contribution in [-0.4, -0.2) is 23.1 Å². The number of hydrogen-bond donors (Lipinski definition) is 2. The minimum absolute atomic E-state index is 0.0590. The van der Waals surface area contributed by atoms with E-state index in [1.165, 1.54) is 18.5 Å². The Morgan fingerprint density at radius 2 is 1.81 bits per heavy atom. The van der Waals surface area contributed by atoms with Crippen molar-refractivity contribution in [1.82, 2.24) is 10.4 Å². The zero-order valence-electron chi connectivity index (χ0n) is 18.8. The number of H-pyrrole nitrogens is 1. The number of hydrogen-bond acceptors (Lipinski definition) is 5. The fourth-order valence-electron chi connectivity index (χ4n) is 3.77. The van der Waals surface area contributed by atoms with Gasteiger partial charge in [0.05, 0.1) is 23.0 Å². The number of carbonyl (C=O) groups is 2. The number of nitrogens with one attached hydrogen (secondary N) is 2. The molecule has 0 unspecified atom stereocenters. The van der Waals surface area contributed by atoms with Crippen molar-refractivity contribution in [2.75, 3.05) is 0 Å². The number of ether oxygens (including phenoxy) is 1. The lowest BCUT2D eigenvalue weighted by Crippen LogP contribution is -2.19.